The van der Waals surface area contributed by atoms with Crippen LogP contribution in [0.5, 0.6) is 5.75 Å². The third-order valence-electron chi connectivity index (χ3n) is 3.44. The molecule has 130 valence electrons. The molecule has 26 heavy (non-hydrogen) atoms. The maximum Gasteiger partial charge on any atom is 0.259 e. The van der Waals surface area contributed by atoms with E-state index < -0.39 is 11.8 Å². The summed E-state index contributed by atoms with van der Waals surface area (Å²) in [7, 11) is 0. The third-order valence-corrected chi connectivity index (χ3v) is 3.44. The van der Waals surface area contributed by atoms with Crippen molar-refractivity contribution in [3.05, 3.63) is 72.6 Å². The standard InChI is InChI=1S/C19H16N4O3/c20-17(24)12-26-16-9-5-4-8-15(16)19(25)23-14-10-21-18(22-11-14)13-6-2-1-3-7-13/h1-11H,12H2,(H2,20,24)(H,23,25). The van der Waals surface area contributed by atoms with Crippen molar-refractivity contribution in [2.24, 2.45) is 5.73 Å². The second-order valence-electron chi connectivity index (χ2n) is 5.37. The zero-order valence-electron chi connectivity index (χ0n) is 13.8. The van der Waals surface area contributed by atoms with Gasteiger partial charge in [0.05, 0.1) is 23.6 Å². The van der Waals surface area contributed by atoms with Crippen LogP contribution >= 0.6 is 0 Å². The Kier molecular flexibility index (Phi) is 5.19. The first-order chi connectivity index (χ1) is 12.6. The number of carbonyl (C=O) groups is 2. The minimum Gasteiger partial charge on any atom is -0.483 e. The van der Waals surface area contributed by atoms with E-state index in [9.17, 15) is 9.59 Å². The van der Waals surface area contributed by atoms with Gasteiger partial charge in [-0.1, -0.05) is 42.5 Å². The van der Waals surface area contributed by atoms with Gasteiger partial charge in [0.1, 0.15) is 5.75 Å². The lowest BCUT2D eigenvalue weighted by Gasteiger charge is -2.10. The Labute approximate surface area is 149 Å². The molecule has 0 aliphatic carbocycles. The zero-order chi connectivity index (χ0) is 18.4. The van der Waals surface area contributed by atoms with E-state index >= 15 is 0 Å². The van der Waals surface area contributed by atoms with E-state index in [0.29, 0.717) is 11.5 Å². The largest absolute Gasteiger partial charge is 0.483 e. The molecular formula is C19H16N4O3. The molecule has 7 heteroatoms. The molecule has 0 unspecified atom stereocenters. The molecule has 1 heterocycles. The molecule has 3 N–H and O–H groups in total. The number of ether oxygens (including phenoxy) is 1. The highest BCUT2D eigenvalue weighted by molar-refractivity contribution is 6.06. The molecule has 0 atom stereocenters. The summed E-state index contributed by atoms with van der Waals surface area (Å²) < 4.78 is 5.27. The van der Waals surface area contributed by atoms with Gasteiger partial charge in [0.25, 0.3) is 11.8 Å². The van der Waals surface area contributed by atoms with Crippen LogP contribution in [0.25, 0.3) is 11.4 Å². The smallest absolute Gasteiger partial charge is 0.259 e. The number of nitrogens with one attached hydrogen (secondary N) is 1. The number of benzene rings is 2. The number of hydrogen-bond acceptors (Lipinski definition) is 5. The first kappa shape index (κ1) is 17.1. The number of nitrogens with zero attached hydrogens (tertiary/aromatic N) is 2. The van der Waals surface area contributed by atoms with Gasteiger partial charge in [-0.25, -0.2) is 9.97 Å². The summed E-state index contributed by atoms with van der Waals surface area (Å²) in [5, 5.41) is 2.70. The lowest BCUT2D eigenvalue weighted by molar-refractivity contribution is -0.119. The Morgan fingerprint density at radius 3 is 2.31 bits per heavy atom. The first-order valence-electron chi connectivity index (χ1n) is 7.82. The molecule has 0 saturated heterocycles. The van der Waals surface area contributed by atoms with E-state index in [4.69, 9.17) is 10.5 Å². The second kappa shape index (κ2) is 7.89. The molecule has 3 rings (SSSR count). The number of nitrogens with two attached hydrogens (primary N) is 1. The van der Waals surface area contributed by atoms with Crippen LogP contribution < -0.4 is 15.8 Å². The highest BCUT2D eigenvalue weighted by Gasteiger charge is 2.13. The molecule has 2 aromatic carbocycles. The van der Waals surface area contributed by atoms with Crippen LogP contribution in [0.4, 0.5) is 5.69 Å². The minimum atomic E-state index is -0.620. The number of amides is 2. The van der Waals surface area contributed by atoms with E-state index in [1.807, 2.05) is 30.3 Å². The van der Waals surface area contributed by atoms with Crippen molar-refractivity contribution in [3.8, 4) is 17.1 Å². The van der Waals surface area contributed by atoms with Crippen molar-refractivity contribution < 1.29 is 14.3 Å². The van der Waals surface area contributed by atoms with E-state index in [1.54, 1.807) is 24.3 Å². The lowest BCUT2D eigenvalue weighted by Crippen LogP contribution is -2.21. The monoisotopic (exact) mass is 348 g/mol. The molecule has 0 fully saturated rings. The molecule has 0 radical (unpaired) electrons. The van der Waals surface area contributed by atoms with Crippen LogP contribution in [0.3, 0.4) is 0 Å². The van der Waals surface area contributed by atoms with Crippen LogP contribution in [0.2, 0.25) is 0 Å². The maximum absolute atomic E-state index is 12.5. The fourth-order valence-corrected chi connectivity index (χ4v) is 2.26. The van der Waals surface area contributed by atoms with Gasteiger partial charge in [0, 0.05) is 5.56 Å². The van der Waals surface area contributed by atoms with E-state index in [2.05, 4.69) is 15.3 Å². The summed E-state index contributed by atoms with van der Waals surface area (Å²) in [5.74, 6) is -0.189. The number of primary amides is 1. The number of hydrogen-bond donors (Lipinski definition) is 2. The van der Waals surface area contributed by atoms with Crippen molar-refractivity contribution in [2.75, 3.05) is 11.9 Å². The Bertz CT molecular complexity index is 912. The van der Waals surface area contributed by atoms with Crippen LogP contribution in [0, 0.1) is 0 Å². The molecule has 0 bridgehead atoms. The number of carbonyl (C=O) groups excluding carboxylic acids is 2. The highest BCUT2D eigenvalue weighted by Crippen LogP contribution is 2.20. The predicted octanol–water partition coefficient (Wildman–Crippen LogP) is 2.26. The third kappa shape index (κ3) is 4.21. The summed E-state index contributed by atoms with van der Waals surface area (Å²) in [5.41, 5.74) is 6.68. The average Bonchev–Trinajstić information content (AvgIpc) is 2.68. The molecule has 3 aromatic rings. The van der Waals surface area contributed by atoms with Gasteiger partial charge in [-0.05, 0) is 12.1 Å². The van der Waals surface area contributed by atoms with Crippen LogP contribution in [-0.2, 0) is 4.79 Å². The van der Waals surface area contributed by atoms with Gasteiger partial charge < -0.3 is 15.8 Å². The summed E-state index contributed by atoms with van der Waals surface area (Å²) in [6, 6.07) is 16.1. The SMILES string of the molecule is NC(=O)COc1ccccc1C(=O)Nc1cnc(-c2ccccc2)nc1. The fraction of sp³-hybridized carbons (Fsp3) is 0.0526. The van der Waals surface area contributed by atoms with Crippen molar-refractivity contribution in [1.29, 1.82) is 0 Å². The Morgan fingerprint density at radius 1 is 0.962 bits per heavy atom. The zero-order valence-corrected chi connectivity index (χ0v) is 13.8. The maximum atomic E-state index is 12.5. The molecular weight excluding hydrogens is 332 g/mol. The van der Waals surface area contributed by atoms with Crippen molar-refractivity contribution in [2.45, 2.75) is 0 Å². The number of para-hydroxylation sites is 1. The van der Waals surface area contributed by atoms with Crippen molar-refractivity contribution >= 4 is 17.5 Å². The van der Waals surface area contributed by atoms with Crippen molar-refractivity contribution in [3.63, 3.8) is 0 Å². The summed E-state index contributed by atoms with van der Waals surface area (Å²) >= 11 is 0. The summed E-state index contributed by atoms with van der Waals surface area (Å²) in [6.45, 7) is -0.306. The summed E-state index contributed by atoms with van der Waals surface area (Å²) in [6.07, 6.45) is 3.06. The summed E-state index contributed by atoms with van der Waals surface area (Å²) in [4.78, 5) is 31.9. The quantitative estimate of drug-likeness (QED) is 0.710. The molecule has 1 aromatic heterocycles. The van der Waals surface area contributed by atoms with Gasteiger partial charge in [-0.2, -0.15) is 0 Å². The van der Waals surface area contributed by atoms with Crippen LogP contribution in [0.1, 0.15) is 10.4 Å². The second-order valence-corrected chi connectivity index (χ2v) is 5.37. The fourth-order valence-electron chi connectivity index (χ4n) is 2.26. The topological polar surface area (TPSA) is 107 Å². The molecule has 0 aliphatic heterocycles. The lowest BCUT2D eigenvalue weighted by atomic mass is 10.2. The number of rotatable bonds is 6. The van der Waals surface area contributed by atoms with E-state index in [1.165, 1.54) is 12.4 Å². The average molecular weight is 348 g/mol. The van der Waals surface area contributed by atoms with Crippen LogP contribution in [0.15, 0.2) is 67.0 Å². The van der Waals surface area contributed by atoms with Gasteiger partial charge in [-0.15, -0.1) is 0 Å². The predicted molar refractivity (Wildman–Crippen MR) is 96.6 cm³/mol. The van der Waals surface area contributed by atoms with Crippen molar-refractivity contribution in [1.82, 2.24) is 9.97 Å². The first-order valence-corrected chi connectivity index (χ1v) is 7.82. The molecule has 0 spiro atoms. The number of anilines is 1. The van der Waals surface area contributed by atoms with E-state index in [0.717, 1.165) is 5.56 Å². The Balaban J connectivity index is 1.73. The van der Waals surface area contributed by atoms with E-state index in [-0.39, 0.29) is 17.9 Å². The Hall–Kier alpha value is -3.74. The van der Waals surface area contributed by atoms with Crippen LogP contribution in [-0.4, -0.2) is 28.4 Å². The normalized spacial score (nSPS) is 10.2. The van der Waals surface area contributed by atoms with Gasteiger partial charge in [0.15, 0.2) is 12.4 Å². The minimum absolute atomic E-state index is 0.269. The van der Waals surface area contributed by atoms with Gasteiger partial charge in [-0.3, -0.25) is 9.59 Å². The molecule has 7 nitrogen and oxygen atoms in total. The molecule has 0 saturated carbocycles. The molecule has 0 aliphatic rings. The number of aromatic nitrogens is 2. The van der Waals surface area contributed by atoms with Gasteiger partial charge in [0.2, 0.25) is 0 Å². The highest BCUT2D eigenvalue weighted by atomic mass is 16.5. The molecule has 2 amide bonds. The Morgan fingerprint density at radius 2 is 1.62 bits per heavy atom. The van der Waals surface area contributed by atoms with Gasteiger partial charge >= 0.3 is 0 Å².